The van der Waals surface area contributed by atoms with Crippen LogP contribution in [0.4, 0.5) is 16.4 Å². The number of halogens is 2. The zero-order chi connectivity index (χ0) is 17.0. The molecule has 2 rings (SSSR count). The summed E-state index contributed by atoms with van der Waals surface area (Å²) < 4.78 is 10.1. The van der Waals surface area contributed by atoms with Gasteiger partial charge in [-0.05, 0) is 68.2 Å². The Morgan fingerprint density at radius 2 is 1.61 bits per heavy atom. The summed E-state index contributed by atoms with van der Waals surface area (Å²) in [5, 5.41) is 2.87. The van der Waals surface area contributed by atoms with Crippen LogP contribution in [0.1, 0.15) is 20.8 Å². The zero-order valence-electron chi connectivity index (χ0n) is 12.6. The fourth-order valence-electron chi connectivity index (χ4n) is 1.48. The van der Waals surface area contributed by atoms with E-state index in [9.17, 15) is 4.79 Å². The Morgan fingerprint density at radius 1 is 1.04 bits per heavy atom. The number of nitrogens with zero attached hydrogens (tertiary/aromatic N) is 3. The molecule has 0 radical (unpaired) electrons. The summed E-state index contributed by atoms with van der Waals surface area (Å²) in [5.41, 5.74) is 0.0374. The molecular formula is C14H14Cl2N4O3. The van der Waals surface area contributed by atoms with E-state index in [1.807, 2.05) is 0 Å². The predicted octanol–water partition coefficient (Wildman–Crippen LogP) is 4.24. The third kappa shape index (κ3) is 5.88. The first-order valence-electron chi connectivity index (χ1n) is 6.56. The topological polar surface area (TPSA) is 86.2 Å². The Kier molecular flexibility index (Phi) is 5.23. The molecule has 1 heterocycles. The maximum Gasteiger partial charge on any atom is 0.514 e. The summed E-state index contributed by atoms with van der Waals surface area (Å²) in [5.74, 6) is 0.548. The third-order valence-corrected chi connectivity index (χ3v) is 2.62. The van der Waals surface area contributed by atoms with E-state index in [2.05, 4.69) is 20.3 Å². The molecule has 1 aromatic carbocycles. The summed E-state index contributed by atoms with van der Waals surface area (Å²) in [6.07, 6.45) is -0.769. The molecule has 0 amide bonds. The summed E-state index contributed by atoms with van der Waals surface area (Å²) in [4.78, 5) is 23.0. The van der Waals surface area contributed by atoms with Gasteiger partial charge in [-0.3, -0.25) is 0 Å². The molecule has 0 unspecified atom stereocenters. The van der Waals surface area contributed by atoms with E-state index < -0.39 is 11.8 Å². The van der Waals surface area contributed by atoms with Gasteiger partial charge in [0.2, 0.25) is 16.5 Å². The molecule has 0 aliphatic heterocycles. The van der Waals surface area contributed by atoms with Gasteiger partial charge in [0.1, 0.15) is 11.4 Å². The molecule has 9 heteroatoms. The maximum atomic E-state index is 11.6. The molecule has 0 bridgehead atoms. The number of anilines is 2. The van der Waals surface area contributed by atoms with Crippen LogP contribution in [0.2, 0.25) is 10.6 Å². The van der Waals surface area contributed by atoms with Crippen LogP contribution in [0, 0.1) is 0 Å². The quantitative estimate of drug-likeness (QED) is 0.650. The second-order valence-electron chi connectivity index (χ2n) is 5.41. The molecule has 2 aromatic rings. The number of carbonyl (C=O) groups is 1. The van der Waals surface area contributed by atoms with Crippen molar-refractivity contribution in [2.24, 2.45) is 0 Å². The van der Waals surface area contributed by atoms with Crippen molar-refractivity contribution >= 4 is 41.0 Å². The van der Waals surface area contributed by atoms with Gasteiger partial charge in [-0.2, -0.15) is 15.0 Å². The van der Waals surface area contributed by atoms with E-state index in [1.54, 1.807) is 45.0 Å². The first kappa shape index (κ1) is 17.2. The van der Waals surface area contributed by atoms with Crippen molar-refractivity contribution < 1.29 is 14.3 Å². The fraction of sp³-hybridized carbons (Fsp3) is 0.286. The minimum absolute atomic E-state index is 0.0163. The molecule has 1 N–H and O–H groups in total. The molecule has 0 saturated heterocycles. The summed E-state index contributed by atoms with van der Waals surface area (Å²) in [6.45, 7) is 5.27. The average molecular weight is 357 g/mol. The van der Waals surface area contributed by atoms with Gasteiger partial charge in [-0.1, -0.05) is 0 Å². The standard InChI is InChI=1S/C14H14Cl2N4O3/c1-14(2,3)23-13(21)22-9-6-4-8(5-7-9)17-12-19-10(15)18-11(16)20-12/h4-7H,1-3H3,(H,17,18,19,20). The van der Waals surface area contributed by atoms with Crippen LogP contribution in [0.25, 0.3) is 0 Å². The predicted molar refractivity (Wildman–Crippen MR) is 86.4 cm³/mol. The van der Waals surface area contributed by atoms with E-state index in [1.165, 1.54) is 0 Å². The van der Waals surface area contributed by atoms with Crippen LogP contribution in [0.3, 0.4) is 0 Å². The van der Waals surface area contributed by atoms with Gasteiger partial charge >= 0.3 is 6.16 Å². The lowest BCUT2D eigenvalue weighted by atomic mass is 10.2. The number of nitrogens with one attached hydrogen (secondary N) is 1. The first-order chi connectivity index (χ1) is 10.7. The minimum atomic E-state index is -0.769. The van der Waals surface area contributed by atoms with Gasteiger partial charge in [-0.15, -0.1) is 0 Å². The van der Waals surface area contributed by atoms with Gasteiger partial charge in [-0.25, -0.2) is 4.79 Å². The van der Waals surface area contributed by atoms with Gasteiger partial charge in [0, 0.05) is 5.69 Å². The average Bonchev–Trinajstić information content (AvgIpc) is 2.37. The number of rotatable bonds is 3. The number of benzene rings is 1. The summed E-state index contributed by atoms with van der Waals surface area (Å²) >= 11 is 11.4. The minimum Gasteiger partial charge on any atom is -0.428 e. The molecule has 1 aromatic heterocycles. The number of hydrogen-bond acceptors (Lipinski definition) is 7. The highest BCUT2D eigenvalue weighted by Gasteiger charge is 2.18. The van der Waals surface area contributed by atoms with Gasteiger partial charge in [0.05, 0.1) is 0 Å². The second-order valence-corrected chi connectivity index (χ2v) is 6.09. The Balaban J connectivity index is 2.00. The van der Waals surface area contributed by atoms with E-state index in [4.69, 9.17) is 32.7 Å². The number of aromatic nitrogens is 3. The number of hydrogen-bond donors (Lipinski definition) is 1. The molecule has 122 valence electrons. The third-order valence-electron chi connectivity index (χ3n) is 2.28. The van der Waals surface area contributed by atoms with Crippen molar-refractivity contribution in [1.82, 2.24) is 15.0 Å². The van der Waals surface area contributed by atoms with Crippen LogP contribution in [0.5, 0.6) is 5.75 Å². The Labute approximate surface area is 143 Å². The smallest absolute Gasteiger partial charge is 0.428 e. The van der Waals surface area contributed by atoms with E-state index >= 15 is 0 Å². The van der Waals surface area contributed by atoms with Crippen LogP contribution in [-0.4, -0.2) is 26.7 Å². The molecule has 23 heavy (non-hydrogen) atoms. The molecule has 0 fully saturated rings. The number of ether oxygens (including phenoxy) is 2. The normalized spacial score (nSPS) is 11.0. The Hall–Kier alpha value is -2.12. The SMILES string of the molecule is CC(C)(C)OC(=O)Oc1ccc(Nc2nc(Cl)nc(Cl)n2)cc1. The zero-order valence-corrected chi connectivity index (χ0v) is 14.1. The first-order valence-corrected chi connectivity index (χ1v) is 7.32. The van der Waals surface area contributed by atoms with Crippen LogP contribution in [0.15, 0.2) is 24.3 Å². The lowest BCUT2D eigenvalue weighted by Crippen LogP contribution is -2.25. The van der Waals surface area contributed by atoms with Crippen molar-refractivity contribution in [3.05, 3.63) is 34.8 Å². The monoisotopic (exact) mass is 356 g/mol. The van der Waals surface area contributed by atoms with Crippen molar-refractivity contribution in [1.29, 1.82) is 0 Å². The van der Waals surface area contributed by atoms with E-state index in [0.29, 0.717) is 11.4 Å². The summed E-state index contributed by atoms with van der Waals surface area (Å²) in [7, 11) is 0. The van der Waals surface area contributed by atoms with Crippen molar-refractivity contribution in [2.45, 2.75) is 26.4 Å². The van der Waals surface area contributed by atoms with E-state index in [0.717, 1.165) is 0 Å². The number of carbonyl (C=O) groups excluding carboxylic acids is 1. The molecule has 0 atom stereocenters. The fourth-order valence-corrected chi connectivity index (χ4v) is 1.85. The van der Waals surface area contributed by atoms with Crippen LogP contribution >= 0.6 is 23.2 Å². The summed E-state index contributed by atoms with van der Waals surface area (Å²) in [6, 6.07) is 6.53. The van der Waals surface area contributed by atoms with Gasteiger partial charge in [0.25, 0.3) is 0 Å². The van der Waals surface area contributed by atoms with Crippen LogP contribution < -0.4 is 10.1 Å². The Morgan fingerprint density at radius 3 is 2.13 bits per heavy atom. The van der Waals surface area contributed by atoms with Gasteiger partial charge < -0.3 is 14.8 Å². The highest BCUT2D eigenvalue weighted by Crippen LogP contribution is 2.20. The molecule has 0 spiro atoms. The van der Waals surface area contributed by atoms with Gasteiger partial charge in [0.15, 0.2) is 0 Å². The van der Waals surface area contributed by atoms with Crippen molar-refractivity contribution in [3.63, 3.8) is 0 Å². The molecule has 0 aliphatic carbocycles. The Bertz CT molecular complexity index is 682. The van der Waals surface area contributed by atoms with E-state index in [-0.39, 0.29) is 16.5 Å². The molecule has 0 aliphatic rings. The molecule has 0 saturated carbocycles. The highest BCUT2D eigenvalue weighted by molar-refractivity contribution is 6.31. The second kappa shape index (κ2) is 6.97. The maximum absolute atomic E-state index is 11.6. The lowest BCUT2D eigenvalue weighted by Gasteiger charge is -2.18. The highest BCUT2D eigenvalue weighted by atomic mass is 35.5. The molecule has 7 nitrogen and oxygen atoms in total. The van der Waals surface area contributed by atoms with Crippen molar-refractivity contribution in [2.75, 3.05) is 5.32 Å². The van der Waals surface area contributed by atoms with Crippen LogP contribution in [-0.2, 0) is 4.74 Å². The lowest BCUT2D eigenvalue weighted by molar-refractivity contribution is 0.0206. The van der Waals surface area contributed by atoms with Crippen molar-refractivity contribution in [3.8, 4) is 5.75 Å². The molecular weight excluding hydrogens is 343 g/mol. The largest absolute Gasteiger partial charge is 0.514 e.